The molecule has 104 valence electrons. The van der Waals surface area contributed by atoms with Crippen LogP contribution in [0.1, 0.15) is 0 Å². The van der Waals surface area contributed by atoms with Crippen molar-refractivity contribution < 1.29 is 9.66 Å². The van der Waals surface area contributed by atoms with Crippen LogP contribution in [0.25, 0.3) is 10.9 Å². The third-order valence-corrected chi connectivity index (χ3v) is 2.88. The summed E-state index contributed by atoms with van der Waals surface area (Å²) in [7, 11) is 0. The molecule has 2 heterocycles. The average Bonchev–Trinajstić information content (AvgIpc) is 2.47. The highest BCUT2D eigenvalue weighted by molar-refractivity contribution is 6.28. The second-order valence-corrected chi connectivity index (χ2v) is 4.38. The fraction of sp³-hybridized carbons (Fsp3) is 0. The molecule has 0 atom stereocenters. The standard InChI is InChI=1S/C13H7ClN4O3/c14-13-16-7-11(18(19)20)12(17-13)21-9-4-3-8-2-1-5-15-10(8)6-9/h1-7H. The lowest BCUT2D eigenvalue weighted by molar-refractivity contribution is -0.386. The van der Waals surface area contributed by atoms with Gasteiger partial charge in [0.2, 0.25) is 5.28 Å². The Morgan fingerprint density at radius 2 is 2.10 bits per heavy atom. The number of pyridine rings is 1. The molecule has 0 bridgehead atoms. The van der Waals surface area contributed by atoms with E-state index in [1.807, 2.05) is 12.1 Å². The Balaban J connectivity index is 2.02. The first-order chi connectivity index (χ1) is 10.1. The first-order valence-corrected chi connectivity index (χ1v) is 6.21. The van der Waals surface area contributed by atoms with E-state index in [9.17, 15) is 10.1 Å². The SMILES string of the molecule is O=[N+]([O-])c1cnc(Cl)nc1Oc1ccc2cccnc2c1. The molecule has 0 aliphatic heterocycles. The molecule has 0 aliphatic rings. The summed E-state index contributed by atoms with van der Waals surface area (Å²) in [5.41, 5.74) is 0.346. The van der Waals surface area contributed by atoms with E-state index < -0.39 is 4.92 Å². The van der Waals surface area contributed by atoms with Crippen LogP contribution in [0.4, 0.5) is 5.69 Å². The third-order valence-electron chi connectivity index (χ3n) is 2.69. The number of benzene rings is 1. The van der Waals surface area contributed by atoms with Gasteiger partial charge in [0.25, 0.3) is 0 Å². The Morgan fingerprint density at radius 1 is 1.24 bits per heavy atom. The van der Waals surface area contributed by atoms with Crippen molar-refractivity contribution in [3.05, 3.63) is 58.1 Å². The van der Waals surface area contributed by atoms with E-state index >= 15 is 0 Å². The second kappa shape index (κ2) is 5.29. The lowest BCUT2D eigenvalue weighted by Gasteiger charge is -2.06. The van der Waals surface area contributed by atoms with Gasteiger partial charge in [0, 0.05) is 17.6 Å². The Kier molecular flexibility index (Phi) is 3.33. The summed E-state index contributed by atoms with van der Waals surface area (Å²) in [6.07, 6.45) is 2.65. The zero-order valence-corrected chi connectivity index (χ0v) is 11.2. The van der Waals surface area contributed by atoms with Crippen LogP contribution in [0.5, 0.6) is 11.6 Å². The molecule has 7 nitrogen and oxygen atoms in total. The highest BCUT2D eigenvalue weighted by atomic mass is 35.5. The number of hydrogen-bond acceptors (Lipinski definition) is 6. The predicted molar refractivity (Wildman–Crippen MR) is 75.5 cm³/mol. The van der Waals surface area contributed by atoms with Crippen LogP contribution in [0, 0.1) is 10.1 Å². The summed E-state index contributed by atoms with van der Waals surface area (Å²) < 4.78 is 5.44. The maximum atomic E-state index is 10.9. The Labute approximate surface area is 123 Å². The number of ether oxygens (including phenoxy) is 1. The first kappa shape index (κ1) is 13.2. The number of fused-ring (bicyclic) bond motifs is 1. The minimum Gasteiger partial charge on any atom is -0.433 e. The number of halogens is 1. The predicted octanol–water partition coefficient (Wildman–Crippen LogP) is 3.38. The fourth-order valence-electron chi connectivity index (χ4n) is 1.76. The van der Waals surface area contributed by atoms with Crippen LogP contribution in [0.15, 0.2) is 42.7 Å². The number of hydrogen-bond donors (Lipinski definition) is 0. The number of aromatic nitrogens is 3. The van der Waals surface area contributed by atoms with Crippen molar-refractivity contribution in [2.75, 3.05) is 0 Å². The molecule has 0 fully saturated rings. The van der Waals surface area contributed by atoms with Crippen LogP contribution >= 0.6 is 11.6 Å². The van der Waals surface area contributed by atoms with Crippen molar-refractivity contribution in [2.24, 2.45) is 0 Å². The molecular formula is C13H7ClN4O3. The van der Waals surface area contributed by atoms with Gasteiger partial charge in [-0.1, -0.05) is 6.07 Å². The van der Waals surface area contributed by atoms with Gasteiger partial charge in [0.1, 0.15) is 11.9 Å². The number of nitro groups is 1. The monoisotopic (exact) mass is 302 g/mol. The topological polar surface area (TPSA) is 91.0 Å². The fourth-order valence-corrected chi connectivity index (χ4v) is 1.89. The summed E-state index contributed by atoms with van der Waals surface area (Å²) in [6, 6.07) is 8.85. The normalized spacial score (nSPS) is 10.5. The van der Waals surface area contributed by atoms with Gasteiger partial charge in [-0.05, 0) is 29.8 Å². The second-order valence-electron chi connectivity index (χ2n) is 4.05. The molecule has 3 aromatic rings. The molecule has 0 unspecified atom stereocenters. The minimum atomic E-state index is -0.634. The smallest absolute Gasteiger partial charge is 0.349 e. The lowest BCUT2D eigenvalue weighted by atomic mass is 10.2. The molecule has 8 heteroatoms. The number of nitrogens with zero attached hydrogens (tertiary/aromatic N) is 4. The first-order valence-electron chi connectivity index (χ1n) is 5.83. The van der Waals surface area contributed by atoms with E-state index in [1.165, 1.54) is 0 Å². The van der Waals surface area contributed by atoms with E-state index in [2.05, 4.69) is 15.0 Å². The molecule has 0 radical (unpaired) electrons. The molecule has 21 heavy (non-hydrogen) atoms. The molecule has 0 saturated carbocycles. The van der Waals surface area contributed by atoms with E-state index in [0.29, 0.717) is 11.3 Å². The Bertz CT molecular complexity index is 841. The molecule has 0 aliphatic carbocycles. The van der Waals surface area contributed by atoms with Gasteiger partial charge in [0.05, 0.1) is 10.4 Å². The summed E-state index contributed by atoms with van der Waals surface area (Å²) in [5, 5.41) is 11.7. The molecule has 2 aromatic heterocycles. The summed E-state index contributed by atoms with van der Waals surface area (Å²) >= 11 is 5.65. The van der Waals surface area contributed by atoms with Gasteiger partial charge in [-0.25, -0.2) is 4.98 Å². The zero-order chi connectivity index (χ0) is 14.8. The van der Waals surface area contributed by atoms with Crippen molar-refractivity contribution >= 4 is 28.2 Å². The van der Waals surface area contributed by atoms with Gasteiger partial charge in [0.15, 0.2) is 0 Å². The maximum absolute atomic E-state index is 10.9. The minimum absolute atomic E-state index is 0.130. The summed E-state index contributed by atoms with van der Waals surface area (Å²) in [6.45, 7) is 0. The van der Waals surface area contributed by atoms with Gasteiger partial charge < -0.3 is 4.74 Å². The third kappa shape index (κ3) is 2.72. The van der Waals surface area contributed by atoms with E-state index in [4.69, 9.17) is 16.3 Å². The van der Waals surface area contributed by atoms with Gasteiger partial charge >= 0.3 is 11.6 Å². The van der Waals surface area contributed by atoms with Crippen LogP contribution < -0.4 is 4.74 Å². The maximum Gasteiger partial charge on any atom is 0.349 e. The van der Waals surface area contributed by atoms with Crippen LogP contribution in [-0.2, 0) is 0 Å². The largest absolute Gasteiger partial charge is 0.433 e. The molecular weight excluding hydrogens is 296 g/mol. The van der Waals surface area contributed by atoms with E-state index in [1.54, 1.807) is 24.4 Å². The van der Waals surface area contributed by atoms with Gasteiger partial charge in [-0.2, -0.15) is 4.98 Å². The molecule has 0 amide bonds. The van der Waals surface area contributed by atoms with Crippen LogP contribution in [0.2, 0.25) is 5.28 Å². The summed E-state index contributed by atoms with van der Waals surface area (Å²) in [4.78, 5) is 21.8. The van der Waals surface area contributed by atoms with Gasteiger partial charge in [-0.15, -0.1) is 0 Å². The van der Waals surface area contributed by atoms with E-state index in [0.717, 1.165) is 11.6 Å². The van der Waals surface area contributed by atoms with Crippen molar-refractivity contribution in [2.45, 2.75) is 0 Å². The zero-order valence-electron chi connectivity index (χ0n) is 10.4. The van der Waals surface area contributed by atoms with E-state index in [-0.39, 0.29) is 16.9 Å². The highest BCUT2D eigenvalue weighted by Crippen LogP contribution is 2.30. The van der Waals surface area contributed by atoms with Crippen molar-refractivity contribution in [3.63, 3.8) is 0 Å². The van der Waals surface area contributed by atoms with Crippen molar-refractivity contribution in [1.82, 2.24) is 15.0 Å². The summed E-state index contributed by atoms with van der Waals surface area (Å²) in [5.74, 6) is 0.161. The average molecular weight is 303 g/mol. The molecule has 0 saturated heterocycles. The Morgan fingerprint density at radius 3 is 2.90 bits per heavy atom. The van der Waals surface area contributed by atoms with Gasteiger partial charge in [-0.3, -0.25) is 15.1 Å². The quantitative estimate of drug-likeness (QED) is 0.418. The van der Waals surface area contributed by atoms with Crippen LogP contribution in [0.3, 0.4) is 0 Å². The lowest BCUT2D eigenvalue weighted by Crippen LogP contribution is -1.98. The highest BCUT2D eigenvalue weighted by Gasteiger charge is 2.19. The Hall–Kier alpha value is -2.80. The molecule has 1 aromatic carbocycles. The van der Waals surface area contributed by atoms with Crippen LogP contribution in [-0.4, -0.2) is 19.9 Å². The molecule has 0 spiro atoms. The molecule has 3 rings (SSSR count). The van der Waals surface area contributed by atoms with Crippen molar-refractivity contribution in [1.29, 1.82) is 0 Å². The molecule has 0 N–H and O–H groups in total. The van der Waals surface area contributed by atoms with Crippen molar-refractivity contribution in [3.8, 4) is 11.6 Å². The number of rotatable bonds is 3.